The van der Waals surface area contributed by atoms with Crippen LogP contribution in [-0.2, 0) is 6.54 Å². The number of anilines is 1. The molecule has 1 heterocycles. The molecule has 0 bridgehead atoms. The summed E-state index contributed by atoms with van der Waals surface area (Å²) in [5.41, 5.74) is 0.688. The van der Waals surface area contributed by atoms with E-state index in [0.717, 1.165) is 10.8 Å². The SMILES string of the molecule is O=C(Nc1cccc2ccccc12)c1cccn(Cc2cccc([N+](=O)[O-])c2)c1=O. The van der Waals surface area contributed by atoms with E-state index in [1.165, 1.54) is 22.8 Å². The number of nitro groups is 1. The zero-order valence-electron chi connectivity index (χ0n) is 15.8. The fourth-order valence-electron chi connectivity index (χ4n) is 3.32. The molecule has 3 aromatic carbocycles. The Labute approximate surface area is 171 Å². The fraction of sp³-hybridized carbons (Fsp3) is 0.0435. The van der Waals surface area contributed by atoms with E-state index in [2.05, 4.69) is 5.32 Å². The van der Waals surface area contributed by atoms with Gasteiger partial charge in [0.1, 0.15) is 5.56 Å². The second-order valence-electron chi connectivity index (χ2n) is 6.76. The third-order valence-corrected chi connectivity index (χ3v) is 4.78. The van der Waals surface area contributed by atoms with Crippen LogP contribution in [0.4, 0.5) is 11.4 Å². The Bertz CT molecular complexity index is 1320. The Hall–Kier alpha value is -4.26. The Balaban J connectivity index is 1.62. The van der Waals surface area contributed by atoms with Crippen LogP contribution < -0.4 is 10.9 Å². The number of amides is 1. The van der Waals surface area contributed by atoms with Gasteiger partial charge in [-0.25, -0.2) is 0 Å². The van der Waals surface area contributed by atoms with Crippen molar-refractivity contribution in [3.05, 3.63) is 117 Å². The van der Waals surface area contributed by atoms with Crippen molar-refractivity contribution in [1.29, 1.82) is 0 Å². The zero-order chi connectivity index (χ0) is 21.1. The molecule has 0 radical (unpaired) electrons. The first-order chi connectivity index (χ1) is 14.5. The normalized spacial score (nSPS) is 10.7. The van der Waals surface area contributed by atoms with Crippen LogP contribution in [0, 0.1) is 10.1 Å². The fourth-order valence-corrected chi connectivity index (χ4v) is 3.32. The van der Waals surface area contributed by atoms with E-state index < -0.39 is 16.4 Å². The molecule has 4 aromatic rings. The van der Waals surface area contributed by atoms with E-state index in [0.29, 0.717) is 11.3 Å². The molecule has 1 aromatic heterocycles. The van der Waals surface area contributed by atoms with Crippen LogP contribution in [0.15, 0.2) is 89.9 Å². The summed E-state index contributed by atoms with van der Waals surface area (Å²) in [5, 5.41) is 15.6. The number of nitrogens with one attached hydrogen (secondary N) is 1. The van der Waals surface area contributed by atoms with Gasteiger partial charge < -0.3 is 9.88 Å². The lowest BCUT2D eigenvalue weighted by atomic mass is 10.1. The van der Waals surface area contributed by atoms with Crippen molar-refractivity contribution in [2.24, 2.45) is 0 Å². The van der Waals surface area contributed by atoms with Crippen molar-refractivity contribution in [2.75, 3.05) is 5.32 Å². The number of pyridine rings is 1. The van der Waals surface area contributed by atoms with Gasteiger partial charge in [-0.05, 0) is 29.1 Å². The Morgan fingerprint density at radius 1 is 0.967 bits per heavy atom. The third-order valence-electron chi connectivity index (χ3n) is 4.78. The van der Waals surface area contributed by atoms with Crippen LogP contribution in [0.3, 0.4) is 0 Å². The minimum absolute atomic E-state index is 0.00383. The number of carbonyl (C=O) groups excluding carboxylic acids is 1. The summed E-state index contributed by atoms with van der Waals surface area (Å²) in [5.74, 6) is -0.509. The van der Waals surface area contributed by atoms with Crippen molar-refractivity contribution in [2.45, 2.75) is 6.54 Å². The smallest absolute Gasteiger partial charge is 0.269 e. The number of hydrogen-bond acceptors (Lipinski definition) is 4. The van der Waals surface area contributed by atoms with E-state index in [4.69, 9.17) is 0 Å². The first kappa shape index (κ1) is 19.1. The van der Waals surface area contributed by atoms with Gasteiger partial charge in [-0.3, -0.25) is 19.7 Å². The molecule has 148 valence electrons. The minimum atomic E-state index is -0.509. The second-order valence-corrected chi connectivity index (χ2v) is 6.76. The topological polar surface area (TPSA) is 94.2 Å². The number of nitrogens with zero attached hydrogens (tertiary/aromatic N) is 2. The van der Waals surface area contributed by atoms with Gasteiger partial charge in [-0.15, -0.1) is 0 Å². The number of hydrogen-bond donors (Lipinski definition) is 1. The van der Waals surface area contributed by atoms with Crippen LogP contribution in [0.5, 0.6) is 0 Å². The van der Waals surface area contributed by atoms with Crippen molar-refractivity contribution in [1.82, 2.24) is 4.57 Å². The summed E-state index contributed by atoms with van der Waals surface area (Å²) in [6.07, 6.45) is 1.55. The zero-order valence-corrected chi connectivity index (χ0v) is 15.8. The van der Waals surface area contributed by atoms with Crippen molar-refractivity contribution in [3.63, 3.8) is 0 Å². The Morgan fingerprint density at radius 3 is 2.57 bits per heavy atom. The number of carbonyl (C=O) groups is 1. The van der Waals surface area contributed by atoms with E-state index in [9.17, 15) is 19.7 Å². The maximum Gasteiger partial charge on any atom is 0.269 e. The third kappa shape index (κ3) is 3.81. The molecule has 30 heavy (non-hydrogen) atoms. The lowest BCUT2D eigenvalue weighted by Gasteiger charge is -2.10. The van der Waals surface area contributed by atoms with Gasteiger partial charge in [0.2, 0.25) is 0 Å². The average Bonchev–Trinajstić information content (AvgIpc) is 2.75. The summed E-state index contributed by atoms with van der Waals surface area (Å²) in [6.45, 7) is 0.121. The quantitative estimate of drug-likeness (QED) is 0.402. The molecule has 4 rings (SSSR count). The molecule has 0 aliphatic rings. The van der Waals surface area contributed by atoms with Crippen LogP contribution in [-0.4, -0.2) is 15.4 Å². The van der Waals surface area contributed by atoms with Crippen molar-refractivity contribution >= 4 is 28.1 Å². The highest BCUT2D eigenvalue weighted by Crippen LogP contribution is 2.23. The highest BCUT2D eigenvalue weighted by molar-refractivity contribution is 6.08. The summed E-state index contributed by atoms with van der Waals surface area (Å²) < 4.78 is 1.36. The van der Waals surface area contributed by atoms with Gasteiger partial charge in [0, 0.05) is 29.4 Å². The number of nitro benzene ring substituents is 1. The van der Waals surface area contributed by atoms with Gasteiger partial charge in [0.05, 0.1) is 11.5 Å². The lowest BCUT2D eigenvalue weighted by Crippen LogP contribution is -2.29. The van der Waals surface area contributed by atoms with Crippen LogP contribution in [0.2, 0.25) is 0 Å². The summed E-state index contributed by atoms with van der Waals surface area (Å²) in [4.78, 5) is 36.1. The maximum absolute atomic E-state index is 12.9. The molecule has 0 spiro atoms. The molecule has 0 saturated carbocycles. The van der Waals surface area contributed by atoms with Gasteiger partial charge in [-0.2, -0.15) is 0 Å². The maximum atomic E-state index is 12.9. The van der Waals surface area contributed by atoms with Crippen LogP contribution in [0.25, 0.3) is 10.8 Å². The van der Waals surface area contributed by atoms with Crippen molar-refractivity contribution in [3.8, 4) is 0 Å². The largest absolute Gasteiger partial charge is 0.321 e. The van der Waals surface area contributed by atoms with Crippen molar-refractivity contribution < 1.29 is 9.72 Å². The number of aromatic nitrogens is 1. The Morgan fingerprint density at radius 2 is 1.73 bits per heavy atom. The average molecular weight is 399 g/mol. The molecule has 0 saturated heterocycles. The summed E-state index contributed by atoms with van der Waals surface area (Å²) >= 11 is 0. The molecular weight excluding hydrogens is 382 g/mol. The molecule has 1 N–H and O–H groups in total. The molecule has 1 amide bonds. The van der Waals surface area contributed by atoms with Gasteiger partial charge in [-0.1, -0.05) is 48.5 Å². The second kappa shape index (κ2) is 8.00. The number of non-ortho nitro benzene ring substituents is 1. The standard InChI is InChI=1S/C23H17N3O4/c27-22(24-21-12-4-8-17-7-1-2-10-19(17)21)20-11-5-13-25(23(20)28)15-16-6-3-9-18(14-16)26(29)30/h1-14H,15H2,(H,24,27). The predicted octanol–water partition coefficient (Wildman–Crippen LogP) is 4.21. The molecular formula is C23H17N3O4. The van der Waals surface area contributed by atoms with Crippen LogP contribution in [0.1, 0.15) is 15.9 Å². The monoisotopic (exact) mass is 399 g/mol. The predicted molar refractivity (Wildman–Crippen MR) is 115 cm³/mol. The minimum Gasteiger partial charge on any atom is -0.321 e. The molecule has 0 aliphatic carbocycles. The summed E-state index contributed by atoms with van der Waals surface area (Å²) in [6, 6.07) is 22.3. The summed E-state index contributed by atoms with van der Waals surface area (Å²) in [7, 11) is 0. The van der Waals surface area contributed by atoms with E-state index >= 15 is 0 Å². The highest BCUT2D eigenvalue weighted by atomic mass is 16.6. The van der Waals surface area contributed by atoms with Crippen LogP contribution >= 0.6 is 0 Å². The van der Waals surface area contributed by atoms with E-state index in [1.807, 2.05) is 36.4 Å². The lowest BCUT2D eigenvalue weighted by molar-refractivity contribution is -0.384. The molecule has 0 aliphatic heterocycles. The highest BCUT2D eigenvalue weighted by Gasteiger charge is 2.14. The first-order valence-electron chi connectivity index (χ1n) is 9.25. The van der Waals surface area contributed by atoms with E-state index in [-0.39, 0.29) is 17.8 Å². The number of fused-ring (bicyclic) bond motifs is 1. The number of benzene rings is 3. The van der Waals surface area contributed by atoms with Gasteiger partial charge in [0.15, 0.2) is 0 Å². The molecule has 7 nitrogen and oxygen atoms in total. The Kier molecular flexibility index (Phi) is 5.09. The molecule has 0 unspecified atom stereocenters. The molecule has 7 heteroatoms. The van der Waals surface area contributed by atoms with Gasteiger partial charge >= 0.3 is 0 Å². The number of rotatable bonds is 5. The van der Waals surface area contributed by atoms with Gasteiger partial charge in [0.25, 0.3) is 17.2 Å². The molecule has 0 atom stereocenters. The molecule has 0 fully saturated rings. The first-order valence-corrected chi connectivity index (χ1v) is 9.25. The van der Waals surface area contributed by atoms with E-state index in [1.54, 1.807) is 30.5 Å².